The van der Waals surface area contributed by atoms with Crippen LogP contribution in [-0.4, -0.2) is 26.9 Å². The van der Waals surface area contributed by atoms with E-state index in [1.54, 1.807) is 19.1 Å². The molecule has 0 aliphatic rings. The number of halogens is 4. The monoisotopic (exact) mass is 410 g/mol. The lowest BCUT2D eigenvalue weighted by molar-refractivity contribution is -0.137. The summed E-state index contributed by atoms with van der Waals surface area (Å²) in [4.78, 5) is 24.8. The van der Waals surface area contributed by atoms with Crippen LogP contribution in [0.4, 0.5) is 13.2 Å². The summed E-state index contributed by atoms with van der Waals surface area (Å²) in [5.41, 5.74) is -1.63. The third kappa shape index (κ3) is 4.14. The quantitative estimate of drug-likeness (QED) is 0.716. The number of hydrogen-bond donors (Lipinski definition) is 1. The molecule has 1 N–H and O–H groups in total. The third-order valence-corrected chi connectivity index (χ3v) is 4.22. The maximum Gasteiger partial charge on any atom is 0.417 e. The minimum Gasteiger partial charge on any atom is -0.348 e. The molecule has 1 unspecified atom stereocenters. The Morgan fingerprint density at radius 3 is 2.68 bits per heavy atom. The van der Waals surface area contributed by atoms with Gasteiger partial charge >= 0.3 is 6.18 Å². The van der Waals surface area contributed by atoms with E-state index < -0.39 is 34.8 Å². The van der Waals surface area contributed by atoms with Gasteiger partial charge in [0.05, 0.1) is 23.1 Å². The first kappa shape index (κ1) is 19.8. The highest BCUT2D eigenvalue weighted by Gasteiger charge is 2.35. The fourth-order valence-electron chi connectivity index (χ4n) is 2.70. The number of hydrogen-bond acceptors (Lipinski definition) is 4. The van der Waals surface area contributed by atoms with E-state index in [9.17, 15) is 22.8 Å². The minimum absolute atomic E-state index is 0.0752. The highest BCUT2D eigenvalue weighted by Crippen LogP contribution is 2.31. The van der Waals surface area contributed by atoms with Crippen LogP contribution in [0.15, 0.2) is 47.3 Å². The van der Waals surface area contributed by atoms with Gasteiger partial charge in [0, 0.05) is 11.1 Å². The van der Waals surface area contributed by atoms with Crippen molar-refractivity contribution in [3.8, 4) is 0 Å². The highest BCUT2D eigenvalue weighted by molar-refractivity contribution is 6.31. The highest BCUT2D eigenvalue weighted by atomic mass is 35.5. The van der Waals surface area contributed by atoms with E-state index >= 15 is 0 Å². The molecule has 10 heteroatoms. The van der Waals surface area contributed by atoms with Gasteiger partial charge in [-0.05, 0) is 37.3 Å². The van der Waals surface area contributed by atoms with E-state index in [1.807, 2.05) is 0 Å². The number of nitrogens with one attached hydrogen (secondary N) is 1. The summed E-state index contributed by atoms with van der Waals surface area (Å²) in [6.45, 7) is 1.47. The molecule has 6 nitrogen and oxygen atoms in total. The Morgan fingerprint density at radius 2 is 1.96 bits per heavy atom. The normalized spacial score (nSPS) is 12.8. The Labute approximate surface area is 161 Å². The molecule has 0 fully saturated rings. The number of alkyl halides is 3. The van der Waals surface area contributed by atoms with Crippen LogP contribution in [0, 0.1) is 0 Å². The molecule has 3 rings (SSSR count). The van der Waals surface area contributed by atoms with Crippen molar-refractivity contribution in [2.24, 2.45) is 0 Å². The van der Waals surface area contributed by atoms with Gasteiger partial charge < -0.3 is 5.32 Å². The summed E-state index contributed by atoms with van der Waals surface area (Å²) in [5.74, 6) is -0.898. The maximum absolute atomic E-state index is 13.1. The largest absolute Gasteiger partial charge is 0.417 e. The smallest absolute Gasteiger partial charge is 0.348 e. The van der Waals surface area contributed by atoms with Crippen molar-refractivity contribution >= 4 is 28.4 Å². The van der Waals surface area contributed by atoms with Gasteiger partial charge in [0.2, 0.25) is 0 Å². The van der Waals surface area contributed by atoms with E-state index in [2.05, 4.69) is 15.6 Å². The first-order chi connectivity index (χ1) is 13.2. The Bertz CT molecular complexity index is 1100. The van der Waals surface area contributed by atoms with Gasteiger partial charge in [-0.2, -0.15) is 13.2 Å². The Balaban J connectivity index is 1.81. The number of fused-ring (bicyclic) bond motifs is 1. The van der Waals surface area contributed by atoms with Crippen molar-refractivity contribution < 1.29 is 18.0 Å². The molecule has 1 heterocycles. The van der Waals surface area contributed by atoms with Crippen molar-refractivity contribution in [2.45, 2.75) is 25.7 Å². The number of carbonyl (C=O) groups is 1. The lowest BCUT2D eigenvalue weighted by Gasteiger charge is -2.17. The van der Waals surface area contributed by atoms with Gasteiger partial charge in [0.25, 0.3) is 11.5 Å². The lowest BCUT2D eigenvalue weighted by atomic mass is 10.1. The zero-order chi connectivity index (χ0) is 20.5. The van der Waals surface area contributed by atoms with Crippen LogP contribution in [0.5, 0.6) is 0 Å². The fourth-order valence-corrected chi connectivity index (χ4v) is 2.88. The zero-order valence-electron chi connectivity index (χ0n) is 14.5. The van der Waals surface area contributed by atoms with Gasteiger partial charge in [0.15, 0.2) is 0 Å². The molecule has 0 saturated carbocycles. The predicted molar refractivity (Wildman–Crippen MR) is 97.2 cm³/mol. The van der Waals surface area contributed by atoms with Crippen molar-refractivity contribution in [2.75, 3.05) is 0 Å². The number of benzene rings is 2. The van der Waals surface area contributed by atoms with E-state index in [4.69, 9.17) is 11.6 Å². The average Bonchev–Trinajstić information content (AvgIpc) is 2.63. The third-order valence-electron chi connectivity index (χ3n) is 3.99. The molecule has 28 heavy (non-hydrogen) atoms. The molecule has 146 valence electrons. The van der Waals surface area contributed by atoms with Gasteiger partial charge in [-0.3, -0.25) is 9.59 Å². The number of amides is 1. The van der Waals surface area contributed by atoms with Gasteiger partial charge in [-0.1, -0.05) is 28.9 Å². The van der Waals surface area contributed by atoms with Gasteiger partial charge in [-0.15, -0.1) is 5.10 Å². The summed E-state index contributed by atoms with van der Waals surface area (Å²) in [6, 6.07) is 8.37. The van der Waals surface area contributed by atoms with E-state index in [1.165, 1.54) is 18.2 Å². The van der Waals surface area contributed by atoms with Crippen LogP contribution in [0.3, 0.4) is 0 Å². The number of nitrogens with zero attached hydrogens (tertiary/aromatic N) is 3. The summed E-state index contributed by atoms with van der Waals surface area (Å²) in [5, 5.41) is 10.8. The van der Waals surface area contributed by atoms with Crippen LogP contribution in [0.2, 0.25) is 5.02 Å². The second kappa shape index (κ2) is 7.59. The number of aromatic nitrogens is 3. The summed E-state index contributed by atoms with van der Waals surface area (Å²) < 4.78 is 40.2. The molecule has 0 bridgehead atoms. The molecule has 0 aliphatic carbocycles. The second-order valence-electron chi connectivity index (χ2n) is 6.16. The minimum atomic E-state index is -4.66. The van der Waals surface area contributed by atoms with Crippen LogP contribution >= 0.6 is 11.6 Å². The topological polar surface area (TPSA) is 76.9 Å². The molecule has 0 saturated heterocycles. The molecule has 0 spiro atoms. The lowest BCUT2D eigenvalue weighted by Crippen LogP contribution is -2.39. The summed E-state index contributed by atoms with van der Waals surface area (Å²) in [6.07, 6.45) is -4.66. The Kier molecular flexibility index (Phi) is 5.37. The predicted octanol–water partition coefficient (Wildman–Crippen LogP) is 3.28. The first-order valence-electron chi connectivity index (χ1n) is 8.17. The zero-order valence-corrected chi connectivity index (χ0v) is 15.3. The van der Waals surface area contributed by atoms with Gasteiger partial charge in [-0.25, -0.2) is 4.68 Å². The Morgan fingerprint density at radius 1 is 1.25 bits per heavy atom. The molecule has 1 aromatic heterocycles. The molecule has 0 aliphatic heterocycles. The molecule has 2 aromatic carbocycles. The molecule has 1 amide bonds. The second-order valence-corrected chi connectivity index (χ2v) is 6.59. The van der Waals surface area contributed by atoms with Crippen LogP contribution in [-0.2, 0) is 12.7 Å². The summed E-state index contributed by atoms with van der Waals surface area (Å²) >= 11 is 5.89. The first-order valence-corrected chi connectivity index (χ1v) is 8.55. The van der Waals surface area contributed by atoms with Crippen molar-refractivity contribution in [3.63, 3.8) is 0 Å². The van der Waals surface area contributed by atoms with Crippen molar-refractivity contribution in [1.29, 1.82) is 0 Å². The van der Waals surface area contributed by atoms with Crippen LogP contribution in [0.1, 0.15) is 22.8 Å². The SMILES string of the molecule is CC(Cn1nnc2ccc(Cl)cc2c1=O)NC(=O)c1ccccc1C(F)(F)F. The maximum atomic E-state index is 13.1. The number of rotatable bonds is 4. The standard InChI is InChI=1S/C18H14ClF3N4O2/c1-10(23-16(27)12-4-2-3-5-14(12)18(20,21)22)9-26-17(28)13-8-11(19)6-7-15(13)24-25-26/h2-8,10H,9H2,1H3,(H,23,27). The van der Waals surface area contributed by atoms with E-state index in [0.29, 0.717) is 10.5 Å². The molecular weight excluding hydrogens is 397 g/mol. The number of carbonyl (C=O) groups excluding carboxylic acids is 1. The average molecular weight is 411 g/mol. The molecular formula is C18H14ClF3N4O2. The fraction of sp³-hybridized carbons (Fsp3) is 0.222. The van der Waals surface area contributed by atoms with E-state index in [0.717, 1.165) is 16.8 Å². The van der Waals surface area contributed by atoms with E-state index in [-0.39, 0.29) is 11.9 Å². The van der Waals surface area contributed by atoms with Crippen LogP contribution < -0.4 is 10.9 Å². The van der Waals surface area contributed by atoms with Crippen LogP contribution in [0.25, 0.3) is 10.9 Å². The van der Waals surface area contributed by atoms with Crippen molar-refractivity contribution in [1.82, 2.24) is 20.3 Å². The van der Waals surface area contributed by atoms with Crippen molar-refractivity contribution in [3.05, 3.63) is 69.0 Å². The molecule has 1 atom stereocenters. The molecule has 3 aromatic rings. The van der Waals surface area contributed by atoms with Gasteiger partial charge in [0.1, 0.15) is 5.52 Å². The summed E-state index contributed by atoms with van der Waals surface area (Å²) in [7, 11) is 0. The Hall–Kier alpha value is -2.94. The molecule has 0 radical (unpaired) electrons.